The third kappa shape index (κ3) is 7.26. The van der Waals surface area contributed by atoms with Gasteiger partial charge in [0.15, 0.2) is 0 Å². The molecular weight excluding hydrogens is 683 g/mol. The van der Waals surface area contributed by atoms with Crippen molar-refractivity contribution in [1.82, 2.24) is 4.57 Å². The van der Waals surface area contributed by atoms with Gasteiger partial charge in [-0.15, -0.1) is 10.0 Å². The summed E-state index contributed by atoms with van der Waals surface area (Å²) in [7, 11) is -1.77. The molecule has 0 spiro atoms. The maximum atomic E-state index is 2.44. The Balaban J connectivity index is 0.000000244. The van der Waals surface area contributed by atoms with Crippen LogP contribution in [-0.4, -0.2) is 4.57 Å². The third-order valence-corrected chi connectivity index (χ3v) is 14.0. The molecule has 9 aromatic rings. The Hall–Kier alpha value is -6.09. The van der Waals surface area contributed by atoms with Crippen molar-refractivity contribution in [2.75, 3.05) is 0 Å². The van der Waals surface area contributed by atoms with Gasteiger partial charge in [0.25, 0.3) is 0 Å². The van der Waals surface area contributed by atoms with E-state index in [1.54, 1.807) is 0 Å². The number of hydrogen-bond acceptors (Lipinski definition) is 0. The van der Waals surface area contributed by atoms with Gasteiger partial charge in [0.05, 0.1) is 11.0 Å². The fourth-order valence-corrected chi connectivity index (χ4v) is 11.7. The average molecular weight is 732 g/mol. The molecule has 0 saturated carbocycles. The maximum absolute atomic E-state index is 2.44. The molecule has 0 atom stereocenters. The van der Waals surface area contributed by atoms with Crippen LogP contribution < -0.4 is 0 Å². The molecule has 1 aromatic heterocycles. The minimum atomic E-state index is -1.77. The molecule has 0 fully saturated rings. The molecule has 0 radical (unpaired) electrons. The zero-order chi connectivity index (χ0) is 38.2. The first kappa shape index (κ1) is 37.2. The summed E-state index contributed by atoms with van der Waals surface area (Å²) in [5, 5.41) is 2.56. The molecule has 0 bridgehead atoms. The first-order valence-corrected chi connectivity index (χ1v) is 20.9. The van der Waals surface area contributed by atoms with Crippen LogP contribution in [0.5, 0.6) is 0 Å². The van der Waals surface area contributed by atoms with E-state index in [-0.39, 0.29) is 0 Å². The van der Waals surface area contributed by atoms with Crippen molar-refractivity contribution >= 4 is 31.8 Å². The van der Waals surface area contributed by atoms with Crippen molar-refractivity contribution in [2.24, 2.45) is 0 Å². The van der Waals surface area contributed by atoms with E-state index in [9.17, 15) is 0 Å². The number of aromatic nitrogens is 1. The van der Waals surface area contributed by atoms with Crippen LogP contribution in [0.3, 0.4) is 0 Å². The Kier molecular flexibility index (Phi) is 11.5. The second-order valence-electron chi connectivity index (χ2n) is 13.6. The average Bonchev–Trinajstić information content (AvgIpc) is 3.58. The van der Waals surface area contributed by atoms with Crippen LogP contribution in [0.4, 0.5) is 0 Å². The smallest absolute Gasteiger partial charge is 0.0541 e. The number of rotatable bonds is 6. The van der Waals surface area contributed by atoms with Crippen molar-refractivity contribution in [2.45, 2.75) is 54.2 Å². The first-order valence-electron chi connectivity index (χ1n) is 19.3. The topological polar surface area (TPSA) is 4.93 Å². The van der Waals surface area contributed by atoms with Crippen LogP contribution in [-0.2, 0) is 0 Å². The molecule has 9 rings (SSSR count). The summed E-state index contributed by atoms with van der Waals surface area (Å²) < 4.78 is 2.44. The van der Waals surface area contributed by atoms with Gasteiger partial charge < -0.3 is 4.57 Å². The van der Waals surface area contributed by atoms with Gasteiger partial charge in [0.2, 0.25) is 0 Å². The highest BCUT2D eigenvalue weighted by Crippen LogP contribution is 2.73. The van der Waals surface area contributed by atoms with E-state index >= 15 is 0 Å². The van der Waals surface area contributed by atoms with Crippen LogP contribution in [0, 0.1) is 20.8 Å². The van der Waals surface area contributed by atoms with E-state index in [4.69, 9.17) is 0 Å². The highest BCUT2D eigenvalue weighted by Gasteiger charge is 2.33. The van der Waals surface area contributed by atoms with Gasteiger partial charge in [0.1, 0.15) is 0 Å². The van der Waals surface area contributed by atoms with Crippen LogP contribution in [0.2, 0.25) is 0 Å². The normalized spacial score (nSPS) is 11.3. The molecule has 0 unspecified atom stereocenters. The number of hydrogen-bond donors (Lipinski definition) is 0. The van der Waals surface area contributed by atoms with E-state index in [2.05, 4.69) is 232 Å². The van der Waals surface area contributed by atoms with Gasteiger partial charge in [-0.3, -0.25) is 0 Å². The van der Waals surface area contributed by atoms with E-state index in [0.717, 1.165) is 0 Å². The Morgan fingerprint density at radius 1 is 0.345 bits per heavy atom. The molecule has 0 aliphatic rings. The molecular formula is C53H49NS. The van der Waals surface area contributed by atoms with E-state index in [1.807, 2.05) is 13.8 Å². The lowest BCUT2D eigenvalue weighted by atomic mass is 9.97. The molecule has 0 amide bonds. The number of benzene rings is 8. The second-order valence-corrected chi connectivity index (χ2v) is 16.7. The summed E-state index contributed by atoms with van der Waals surface area (Å²) >= 11 is 0. The number of fused-ring (bicyclic) bond motifs is 3. The second kappa shape index (κ2) is 16.9. The van der Waals surface area contributed by atoms with E-state index < -0.39 is 10.0 Å². The number of aryl methyl sites for hydroxylation is 3. The predicted octanol–water partition coefficient (Wildman–Crippen LogP) is 15.4. The minimum Gasteiger partial charge on any atom is -0.309 e. The Morgan fingerprint density at radius 3 is 1.13 bits per heavy atom. The quantitative estimate of drug-likeness (QED) is 0.160. The van der Waals surface area contributed by atoms with E-state index in [1.165, 1.54) is 74.9 Å². The molecule has 8 aromatic carbocycles. The minimum absolute atomic E-state index is 1.20. The fraction of sp³-hybridized carbons (Fsp3) is 0.0943. The summed E-state index contributed by atoms with van der Waals surface area (Å²) in [5.41, 5.74) is 10.3. The van der Waals surface area contributed by atoms with E-state index in [0.29, 0.717) is 0 Å². The van der Waals surface area contributed by atoms with Gasteiger partial charge >= 0.3 is 0 Å². The van der Waals surface area contributed by atoms with Gasteiger partial charge in [-0.25, -0.2) is 0 Å². The third-order valence-electron chi connectivity index (χ3n) is 10.1. The molecule has 1 heterocycles. The highest BCUT2D eigenvalue weighted by molar-refractivity contribution is 8.34. The summed E-state index contributed by atoms with van der Waals surface area (Å²) in [4.78, 5) is 5.34. The molecule has 272 valence electrons. The zero-order valence-corrected chi connectivity index (χ0v) is 33.3. The van der Waals surface area contributed by atoms with Crippen molar-refractivity contribution in [3.8, 4) is 16.8 Å². The zero-order valence-electron chi connectivity index (χ0n) is 32.5. The van der Waals surface area contributed by atoms with Crippen molar-refractivity contribution in [3.63, 3.8) is 0 Å². The molecule has 0 N–H and O–H groups in total. The van der Waals surface area contributed by atoms with Crippen LogP contribution >= 0.6 is 10.0 Å². The van der Waals surface area contributed by atoms with Crippen LogP contribution in [0.25, 0.3) is 38.6 Å². The number of nitrogens with zero attached hydrogens (tertiary/aromatic N) is 1. The first-order chi connectivity index (χ1) is 27.1. The van der Waals surface area contributed by atoms with Crippen molar-refractivity contribution in [1.29, 1.82) is 0 Å². The fourth-order valence-electron chi connectivity index (χ4n) is 7.68. The predicted molar refractivity (Wildman–Crippen MR) is 238 cm³/mol. The molecule has 55 heavy (non-hydrogen) atoms. The largest absolute Gasteiger partial charge is 0.309 e. The van der Waals surface area contributed by atoms with Gasteiger partial charge in [-0.1, -0.05) is 153 Å². The Morgan fingerprint density at radius 2 is 0.709 bits per heavy atom. The van der Waals surface area contributed by atoms with Gasteiger partial charge in [0, 0.05) is 36.0 Å². The summed E-state index contributed by atoms with van der Waals surface area (Å²) in [6.07, 6.45) is 0. The monoisotopic (exact) mass is 731 g/mol. The van der Waals surface area contributed by atoms with Crippen molar-refractivity contribution in [3.05, 3.63) is 223 Å². The van der Waals surface area contributed by atoms with Crippen molar-refractivity contribution < 1.29 is 0 Å². The summed E-state index contributed by atoms with van der Waals surface area (Å²) in [6.45, 7) is 10.5. The maximum Gasteiger partial charge on any atom is 0.0541 e. The lowest BCUT2D eigenvalue weighted by molar-refractivity contribution is 1.14. The van der Waals surface area contributed by atoms with Crippen LogP contribution in [0.15, 0.2) is 226 Å². The molecule has 1 nitrogen and oxygen atoms in total. The highest BCUT2D eigenvalue weighted by atomic mass is 32.3. The molecule has 2 heteroatoms. The lowest BCUT2D eigenvalue weighted by Gasteiger charge is -2.42. The van der Waals surface area contributed by atoms with Crippen LogP contribution in [0.1, 0.15) is 30.5 Å². The summed E-state index contributed by atoms with van der Waals surface area (Å²) in [6, 6.07) is 74.9. The Bertz CT molecular complexity index is 2450. The van der Waals surface area contributed by atoms with Gasteiger partial charge in [-0.2, -0.15) is 0 Å². The van der Waals surface area contributed by atoms with Gasteiger partial charge in [-0.05, 0) is 115 Å². The molecule has 0 aliphatic carbocycles. The number of para-hydroxylation sites is 2. The molecule has 0 aliphatic heterocycles. The lowest BCUT2D eigenvalue weighted by Crippen LogP contribution is -2.06. The summed E-state index contributed by atoms with van der Waals surface area (Å²) in [5.74, 6) is 0. The standard InChI is InChI=1S/C37H29NS.C14H14.C2H6/c1-28-25-29(38-36-23-13-11-21-34(36)35-22-12-14-24-37(35)38)27-33(26-28)39(30-15-5-2-6-16-30,31-17-7-3-8-18-31)32-19-9-4-10-20-32;1-11-7-3-5-9-13(11)14-10-6-4-8-12(14)2;1-2/h2-27H,1H3;3-10H,1-2H3;1-2H3. The Labute approximate surface area is 328 Å². The molecule has 0 saturated heterocycles. The SMILES string of the molecule is CC.Cc1cc(-n2c3ccccc3c3ccccc32)cc(S(c2ccccc2)(c2ccccc2)c2ccccc2)c1.Cc1ccccc1-c1ccccc1C.